The fourth-order valence-corrected chi connectivity index (χ4v) is 3.45. The van der Waals surface area contributed by atoms with Gasteiger partial charge in [0.25, 0.3) is 0 Å². The average Bonchev–Trinajstić information content (AvgIpc) is 2.53. The normalized spacial score (nSPS) is 27.3. The number of aliphatic imine (C=N–C) groups is 1. The van der Waals surface area contributed by atoms with Gasteiger partial charge in [0.05, 0.1) is 5.69 Å². The maximum atomic E-state index is 5.75. The van der Waals surface area contributed by atoms with E-state index in [9.17, 15) is 0 Å². The highest BCUT2D eigenvalue weighted by molar-refractivity contribution is 5.82. The highest BCUT2D eigenvalue weighted by Gasteiger charge is 2.34. The Morgan fingerprint density at radius 3 is 2.81 bits per heavy atom. The Morgan fingerprint density at radius 2 is 2.05 bits per heavy atom. The lowest BCUT2D eigenvalue weighted by molar-refractivity contribution is 0.0486. The summed E-state index contributed by atoms with van der Waals surface area (Å²) < 4.78 is 0. The molecule has 2 saturated heterocycles. The maximum Gasteiger partial charge on any atom is 0.213 e. The topological polar surface area (TPSA) is 56.9 Å². The number of fused-ring (bicyclic) bond motifs is 1. The summed E-state index contributed by atoms with van der Waals surface area (Å²) in [6, 6.07) is 11.1. The van der Waals surface area contributed by atoms with E-state index in [1.807, 2.05) is 30.3 Å². The zero-order valence-corrected chi connectivity index (χ0v) is 12.7. The Morgan fingerprint density at radius 1 is 1.24 bits per heavy atom. The predicted molar refractivity (Wildman–Crippen MR) is 86.2 cm³/mol. The van der Waals surface area contributed by atoms with Gasteiger partial charge in [-0.1, -0.05) is 24.6 Å². The van der Waals surface area contributed by atoms with Crippen LogP contribution < -0.4 is 11.3 Å². The fourth-order valence-electron chi connectivity index (χ4n) is 3.45. The van der Waals surface area contributed by atoms with Crippen LogP contribution in [0.3, 0.4) is 0 Å². The molecule has 2 atom stereocenters. The molecule has 2 aliphatic rings. The van der Waals surface area contributed by atoms with Crippen LogP contribution in [0.25, 0.3) is 0 Å². The van der Waals surface area contributed by atoms with Crippen molar-refractivity contribution >= 4 is 11.6 Å². The number of nitrogens with zero attached hydrogens (tertiary/aromatic N) is 3. The zero-order chi connectivity index (χ0) is 14.7. The molecule has 0 saturated carbocycles. The highest BCUT2D eigenvalue weighted by Crippen LogP contribution is 2.24. The standard InChI is InChI=1S/C16H25N5/c1-13-11-20-10-6-5-9-15(20)12-21(13)16(19-17)18-14-7-3-2-4-8-14/h2-4,7-8,13,15H,5-6,9-12,17H2,1H3,(H,18,19). The average molecular weight is 287 g/mol. The lowest BCUT2D eigenvalue weighted by Gasteiger charge is -2.48. The van der Waals surface area contributed by atoms with Crippen LogP contribution in [0.2, 0.25) is 0 Å². The second kappa shape index (κ2) is 6.45. The van der Waals surface area contributed by atoms with Crippen LogP contribution >= 0.6 is 0 Å². The van der Waals surface area contributed by atoms with Crippen LogP contribution in [0.4, 0.5) is 5.69 Å². The first-order valence-corrected chi connectivity index (χ1v) is 7.89. The van der Waals surface area contributed by atoms with Gasteiger partial charge in [-0.15, -0.1) is 0 Å². The summed E-state index contributed by atoms with van der Waals surface area (Å²) in [5.41, 5.74) is 3.74. The van der Waals surface area contributed by atoms with Crippen LogP contribution in [0.5, 0.6) is 0 Å². The van der Waals surface area contributed by atoms with Crippen molar-refractivity contribution in [2.75, 3.05) is 19.6 Å². The number of para-hydroxylation sites is 1. The summed E-state index contributed by atoms with van der Waals surface area (Å²) in [5.74, 6) is 6.52. The number of hydrogen-bond acceptors (Lipinski definition) is 3. The van der Waals surface area contributed by atoms with Crippen molar-refractivity contribution in [1.29, 1.82) is 0 Å². The number of hydrazine groups is 1. The quantitative estimate of drug-likeness (QED) is 0.357. The minimum absolute atomic E-state index is 0.429. The third kappa shape index (κ3) is 3.19. The molecule has 0 radical (unpaired) electrons. The first-order valence-electron chi connectivity index (χ1n) is 7.89. The van der Waals surface area contributed by atoms with Crippen molar-refractivity contribution in [1.82, 2.24) is 15.2 Å². The summed E-state index contributed by atoms with van der Waals surface area (Å²) >= 11 is 0. The third-order valence-electron chi connectivity index (χ3n) is 4.58. The molecule has 2 aliphatic heterocycles. The molecule has 0 aliphatic carbocycles. The van der Waals surface area contributed by atoms with Gasteiger partial charge < -0.3 is 4.90 Å². The van der Waals surface area contributed by atoms with Crippen LogP contribution in [0, 0.1) is 0 Å². The summed E-state index contributed by atoms with van der Waals surface area (Å²) in [5, 5.41) is 0. The van der Waals surface area contributed by atoms with Crippen molar-refractivity contribution in [3.05, 3.63) is 30.3 Å². The third-order valence-corrected chi connectivity index (χ3v) is 4.58. The van der Waals surface area contributed by atoms with E-state index in [2.05, 4.69) is 27.1 Å². The molecule has 3 rings (SSSR count). The highest BCUT2D eigenvalue weighted by atomic mass is 15.4. The number of nitrogens with two attached hydrogens (primary N) is 1. The summed E-state index contributed by atoms with van der Waals surface area (Å²) in [7, 11) is 0. The van der Waals surface area contributed by atoms with E-state index in [-0.39, 0.29) is 0 Å². The summed E-state index contributed by atoms with van der Waals surface area (Å²) in [6.07, 6.45) is 3.96. The number of piperazine rings is 1. The number of guanidine groups is 1. The second-order valence-electron chi connectivity index (χ2n) is 6.06. The Labute approximate surface area is 126 Å². The smallest absolute Gasteiger partial charge is 0.213 e. The molecular formula is C16H25N5. The van der Waals surface area contributed by atoms with Gasteiger partial charge in [-0.2, -0.15) is 0 Å². The minimum Gasteiger partial charge on any atom is -0.336 e. The Hall–Kier alpha value is -1.59. The van der Waals surface area contributed by atoms with E-state index in [0.29, 0.717) is 12.1 Å². The minimum atomic E-state index is 0.429. The molecule has 5 heteroatoms. The second-order valence-corrected chi connectivity index (χ2v) is 6.06. The van der Waals surface area contributed by atoms with Crippen molar-refractivity contribution in [2.45, 2.75) is 38.3 Å². The summed E-state index contributed by atoms with van der Waals surface area (Å²) in [4.78, 5) is 9.62. The molecule has 5 nitrogen and oxygen atoms in total. The Bertz CT molecular complexity index is 487. The number of hydrogen-bond donors (Lipinski definition) is 2. The van der Waals surface area contributed by atoms with Gasteiger partial charge in [0.2, 0.25) is 5.96 Å². The molecule has 3 N–H and O–H groups in total. The molecule has 114 valence electrons. The van der Waals surface area contributed by atoms with E-state index in [1.54, 1.807) is 0 Å². The largest absolute Gasteiger partial charge is 0.336 e. The molecule has 2 unspecified atom stereocenters. The molecule has 0 aromatic heterocycles. The zero-order valence-electron chi connectivity index (χ0n) is 12.7. The van der Waals surface area contributed by atoms with Gasteiger partial charge in [-0.25, -0.2) is 10.8 Å². The lowest BCUT2D eigenvalue weighted by atomic mass is 9.97. The Kier molecular flexibility index (Phi) is 4.41. The SMILES string of the molecule is CC1CN2CCCCC2CN1C(=Nc1ccccc1)NN. The van der Waals surface area contributed by atoms with Crippen LogP contribution in [-0.2, 0) is 0 Å². The van der Waals surface area contributed by atoms with E-state index < -0.39 is 0 Å². The van der Waals surface area contributed by atoms with Gasteiger partial charge in [0.15, 0.2) is 0 Å². The van der Waals surface area contributed by atoms with Crippen molar-refractivity contribution in [3.63, 3.8) is 0 Å². The molecule has 0 bridgehead atoms. The van der Waals surface area contributed by atoms with E-state index in [4.69, 9.17) is 5.84 Å². The van der Waals surface area contributed by atoms with Crippen LogP contribution in [0.15, 0.2) is 35.3 Å². The van der Waals surface area contributed by atoms with Gasteiger partial charge in [-0.05, 0) is 38.4 Å². The van der Waals surface area contributed by atoms with Crippen molar-refractivity contribution in [3.8, 4) is 0 Å². The number of rotatable bonds is 1. The van der Waals surface area contributed by atoms with Gasteiger partial charge in [-0.3, -0.25) is 10.3 Å². The fraction of sp³-hybridized carbons (Fsp3) is 0.562. The van der Waals surface area contributed by atoms with Gasteiger partial charge in [0.1, 0.15) is 0 Å². The Balaban J connectivity index is 1.78. The van der Waals surface area contributed by atoms with E-state index in [0.717, 1.165) is 24.7 Å². The number of benzene rings is 1. The molecular weight excluding hydrogens is 262 g/mol. The van der Waals surface area contributed by atoms with Crippen LogP contribution in [0.1, 0.15) is 26.2 Å². The molecule has 1 aromatic carbocycles. The molecule has 1 aromatic rings. The van der Waals surface area contributed by atoms with E-state index in [1.165, 1.54) is 25.8 Å². The van der Waals surface area contributed by atoms with Crippen LogP contribution in [-0.4, -0.2) is 47.5 Å². The predicted octanol–water partition coefficient (Wildman–Crippen LogP) is 1.70. The van der Waals surface area contributed by atoms with Crippen molar-refractivity contribution in [2.24, 2.45) is 10.8 Å². The van der Waals surface area contributed by atoms with Gasteiger partial charge >= 0.3 is 0 Å². The first-order chi connectivity index (χ1) is 10.3. The molecule has 2 heterocycles. The molecule has 0 amide bonds. The molecule has 0 spiro atoms. The molecule has 2 fully saturated rings. The van der Waals surface area contributed by atoms with Crippen molar-refractivity contribution < 1.29 is 0 Å². The van der Waals surface area contributed by atoms with E-state index >= 15 is 0 Å². The lowest BCUT2D eigenvalue weighted by Crippen LogP contribution is -2.62. The summed E-state index contributed by atoms with van der Waals surface area (Å²) in [6.45, 7) is 5.60. The number of nitrogens with one attached hydrogen (secondary N) is 1. The monoisotopic (exact) mass is 287 g/mol. The number of piperidine rings is 1. The van der Waals surface area contributed by atoms with Gasteiger partial charge in [0, 0.05) is 25.2 Å². The first kappa shape index (κ1) is 14.4. The molecule has 21 heavy (non-hydrogen) atoms. The maximum absolute atomic E-state index is 5.75.